The van der Waals surface area contributed by atoms with Gasteiger partial charge >= 0.3 is 0 Å². The minimum absolute atomic E-state index is 0.0280. The van der Waals surface area contributed by atoms with Crippen molar-refractivity contribution < 1.29 is 18.0 Å². The normalized spacial score (nSPS) is 20.9. The average Bonchev–Trinajstić information content (AvgIpc) is 3.38. The lowest BCUT2D eigenvalue weighted by molar-refractivity contribution is 0.0987. The standard InChI is InChI=1S/C28H24F3N7O/c1-15-9-16(10-23(33)28(15)38-14-18(12-32)36-37-38)19-7-8-34-13-17(19)11-25(39)24-6-5-22(31)27(35-24)26-20(29)3-2-4-21(26)30/h2-8,13-16,23,28H,9-11,33H2,1H3/t15-,16+,23+,28-/m0/s1. The van der Waals surface area contributed by atoms with Gasteiger partial charge in [-0.3, -0.25) is 9.78 Å². The average molecular weight is 532 g/mol. The van der Waals surface area contributed by atoms with Crippen LogP contribution in [-0.2, 0) is 6.42 Å². The van der Waals surface area contributed by atoms with Crippen LogP contribution in [0.3, 0.4) is 0 Å². The first-order chi connectivity index (χ1) is 18.8. The van der Waals surface area contributed by atoms with E-state index < -0.39 is 34.5 Å². The van der Waals surface area contributed by atoms with E-state index in [1.54, 1.807) is 23.3 Å². The number of hydrogen-bond donors (Lipinski definition) is 1. The molecule has 0 bridgehead atoms. The fraction of sp³-hybridized carbons (Fsp3) is 0.286. The van der Waals surface area contributed by atoms with E-state index in [0.717, 1.165) is 30.2 Å². The number of nitrogens with two attached hydrogens (primary N) is 1. The number of nitrogens with zero attached hydrogens (tertiary/aromatic N) is 6. The van der Waals surface area contributed by atoms with E-state index in [4.69, 9.17) is 11.0 Å². The molecule has 1 aromatic carbocycles. The topological polar surface area (TPSA) is 123 Å². The molecule has 0 spiro atoms. The Morgan fingerprint density at radius 3 is 2.59 bits per heavy atom. The molecule has 1 saturated carbocycles. The van der Waals surface area contributed by atoms with Crippen LogP contribution in [0.1, 0.15) is 59.0 Å². The van der Waals surface area contributed by atoms with Crippen LogP contribution < -0.4 is 5.73 Å². The fourth-order valence-corrected chi connectivity index (χ4v) is 5.50. The summed E-state index contributed by atoms with van der Waals surface area (Å²) in [7, 11) is 0. The van der Waals surface area contributed by atoms with Gasteiger partial charge in [0.25, 0.3) is 0 Å². The third-order valence-electron chi connectivity index (χ3n) is 7.23. The van der Waals surface area contributed by atoms with E-state index in [1.165, 1.54) is 12.1 Å². The van der Waals surface area contributed by atoms with E-state index in [1.807, 2.05) is 12.1 Å². The zero-order valence-corrected chi connectivity index (χ0v) is 20.9. The van der Waals surface area contributed by atoms with Gasteiger partial charge in [0.1, 0.15) is 34.9 Å². The highest BCUT2D eigenvalue weighted by atomic mass is 19.1. The van der Waals surface area contributed by atoms with E-state index in [9.17, 15) is 18.0 Å². The van der Waals surface area contributed by atoms with Crippen molar-refractivity contribution in [1.29, 1.82) is 5.26 Å². The van der Waals surface area contributed by atoms with Crippen molar-refractivity contribution in [2.24, 2.45) is 11.7 Å². The van der Waals surface area contributed by atoms with Crippen LogP contribution in [0.25, 0.3) is 11.3 Å². The maximum Gasteiger partial charge on any atom is 0.185 e. The van der Waals surface area contributed by atoms with Crippen molar-refractivity contribution >= 4 is 5.78 Å². The van der Waals surface area contributed by atoms with Gasteiger partial charge in [-0.1, -0.05) is 18.2 Å². The highest BCUT2D eigenvalue weighted by molar-refractivity contribution is 5.96. The molecule has 3 aromatic heterocycles. The molecule has 0 radical (unpaired) electrons. The van der Waals surface area contributed by atoms with Crippen molar-refractivity contribution in [2.75, 3.05) is 0 Å². The number of hydrogen-bond acceptors (Lipinski definition) is 7. The quantitative estimate of drug-likeness (QED) is 0.363. The predicted molar refractivity (Wildman–Crippen MR) is 135 cm³/mol. The number of benzene rings is 1. The minimum atomic E-state index is -0.976. The summed E-state index contributed by atoms with van der Waals surface area (Å²) in [5, 5.41) is 17.0. The Balaban J connectivity index is 1.39. The summed E-state index contributed by atoms with van der Waals surface area (Å²) in [6.07, 6.45) is 6.11. The molecule has 0 amide bonds. The van der Waals surface area contributed by atoms with Gasteiger partial charge < -0.3 is 5.73 Å². The third-order valence-corrected chi connectivity index (χ3v) is 7.23. The van der Waals surface area contributed by atoms with E-state index in [2.05, 4.69) is 27.2 Å². The number of halogens is 3. The Labute approximate surface area is 222 Å². The summed E-state index contributed by atoms with van der Waals surface area (Å²) in [6.45, 7) is 2.06. The monoisotopic (exact) mass is 531 g/mol. The summed E-state index contributed by atoms with van der Waals surface area (Å²) in [5.41, 5.74) is 7.08. The molecule has 8 nitrogen and oxygen atoms in total. The molecule has 4 aromatic rings. The molecule has 5 rings (SSSR count). The van der Waals surface area contributed by atoms with Crippen LogP contribution in [0.5, 0.6) is 0 Å². The van der Waals surface area contributed by atoms with Crippen molar-refractivity contribution in [1.82, 2.24) is 25.0 Å². The van der Waals surface area contributed by atoms with Crippen molar-refractivity contribution in [3.63, 3.8) is 0 Å². The lowest BCUT2D eigenvalue weighted by Gasteiger charge is -2.39. The highest BCUT2D eigenvalue weighted by Gasteiger charge is 2.37. The number of Topliss-reactive ketones (excluding diaryl/α,β-unsaturated/α-hetero) is 1. The van der Waals surface area contributed by atoms with Gasteiger partial charge in [0, 0.05) is 24.9 Å². The molecular formula is C28H24F3N7O. The van der Waals surface area contributed by atoms with E-state index in [0.29, 0.717) is 12.0 Å². The molecule has 2 N–H and O–H groups in total. The van der Waals surface area contributed by atoms with E-state index >= 15 is 0 Å². The van der Waals surface area contributed by atoms with Crippen LogP contribution in [0.15, 0.2) is 55.0 Å². The van der Waals surface area contributed by atoms with Gasteiger partial charge in [-0.2, -0.15) is 5.26 Å². The van der Waals surface area contributed by atoms with Crippen LogP contribution in [-0.4, -0.2) is 36.8 Å². The zero-order chi connectivity index (χ0) is 27.7. The van der Waals surface area contributed by atoms with Crippen LogP contribution in [0.4, 0.5) is 13.2 Å². The number of carbonyl (C=O) groups is 1. The first kappa shape index (κ1) is 26.2. The molecule has 0 saturated heterocycles. The smallest absolute Gasteiger partial charge is 0.185 e. The zero-order valence-electron chi connectivity index (χ0n) is 20.9. The molecule has 1 aliphatic carbocycles. The Morgan fingerprint density at radius 2 is 1.90 bits per heavy atom. The second-order valence-corrected chi connectivity index (χ2v) is 9.79. The molecule has 0 unspecified atom stereocenters. The van der Waals surface area contributed by atoms with Crippen LogP contribution >= 0.6 is 0 Å². The number of pyridine rings is 2. The van der Waals surface area contributed by atoms with Gasteiger partial charge in [-0.25, -0.2) is 22.8 Å². The second-order valence-electron chi connectivity index (χ2n) is 9.79. The number of carbonyl (C=O) groups excluding carboxylic acids is 1. The van der Waals surface area contributed by atoms with Gasteiger partial charge in [-0.15, -0.1) is 5.10 Å². The maximum atomic E-state index is 14.5. The Morgan fingerprint density at radius 1 is 1.13 bits per heavy atom. The van der Waals surface area contributed by atoms with Crippen molar-refractivity contribution in [2.45, 2.75) is 44.2 Å². The lowest BCUT2D eigenvalue weighted by atomic mass is 9.72. The Hall–Kier alpha value is -4.43. The maximum absolute atomic E-state index is 14.5. The molecule has 3 heterocycles. The molecule has 11 heteroatoms. The second kappa shape index (κ2) is 10.7. The van der Waals surface area contributed by atoms with Crippen molar-refractivity contribution in [3.8, 4) is 17.3 Å². The van der Waals surface area contributed by atoms with Crippen molar-refractivity contribution in [3.05, 3.63) is 95.0 Å². The SMILES string of the molecule is C[C@H]1C[C@@H](c2ccncc2CC(=O)c2ccc(F)c(-c3c(F)cccc3F)n2)C[C@@H](N)[C@H]1n1cc(C#N)nn1. The molecule has 0 aliphatic heterocycles. The number of ketones is 1. The summed E-state index contributed by atoms with van der Waals surface area (Å²) in [5.74, 6) is -3.21. The minimum Gasteiger partial charge on any atom is -0.326 e. The summed E-state index contributed by atoms with van der Waals surface area (Å²) in [4.78, 5) is 21.4. The third kappa shape index (κ3) is 5.15. The number of aromatic nitrogens is 5. The van der Waals surface area contributed by atoms with Crippen LogP contribution in [0.2, 0.25) is 0 Å². The largest absolute Gasteiger partial charge is 0.326 e. The summed E-state index contributed by atoms with van der Waals surface area (Å²) >= 11 is 0. The molecular weight excluding hydrogens is 507 g/mol. The first-order valence-electron chi connectivity index (χ1n) is 12.4. The molecule has 4 atom stereocenters. The van der Waals surface area contributed by atoms with Gasteiger partial charge in [0.2, 0.25) is 0 Å². The molecule has 39 heavy (non-hydrogen) atoms. The summed E-state index contributed by atoms with van der Waals surface area (Å²) in [6, 6.07) is 8.77. The number of nitriles is 1. The fourth-order valence-electron chi connectivity index (χ4n) is 5.50. The number of rotatable bonds is 6. The summed E-state index contributed by atoms with van der Waals surface area (Å²) < 4.78 is 44.8. The predicted octanol–water partition coefficient (Wildman–Crippen LogP) is 4.53. The molecule has 198 valence electrons. The van der Waals surface area contributed by atoms with Gasteiger partial charge in [-0.05, 0) is 66.1 Å². The molecule has 1 fully saturated rings. The first-order valence-corrected chi connectivity index (χ1v) is 12.4. The van der Waals surface area contributed by atoms with Gasteiger partial charge in [0.15, 0.2) is 11.5 Å². The highest BCUT2D eigenvalue weighted by Crippen LogP contribution is 2.42. The molecule has 1 aliphatic rings. The van der Waals surface area contributed by atoms with Gasteiger partial charge in [0.05, 0.1) is 17.8 Å². The Bertz CT molecular complexity index is 1550. The lowest BCUT2D eigenvalue weighted by Crippen LogP contribution is -2.42. The Kier molecular flexibility index (Phi) is 7.21. The van der Waals surface area contributed by atoms with Crippen LogP contribution in [0, 0.1) is 34.7 Å². The van der Waals surface area contributed by atoms with E-state index in [-0.39, 0.29) is 41.7 Å².